The fourth-order valence-corrected chi connectivity index (χ4v) is 10.7. The number of aromatic nitrogens is 16. The van der Waals surface area contributed by atoms with Crippen LogP contribution in [0.1, 0.15) is 93.8 Å². The Morgan fingerprint density at radius 2 is 0.806 bits per heavy atom. The van der Waals surface area contributed by atoms with Crippen LogP contribution in [0.3, 0.4) is 0 Å². The third-order valence-electron chi connectivity index (χ3n) is 15.3. The van der Waals surface area contributed by atoms with Crippen LogP contribution in [0.25, 0.3) is 67.3 Å². The number of carbonyl (C=O) groups excluding carboxylic acids is 2. The van der Waals surface area contributed by atoms with Gasteiger partial charge < -0.3 is 4.42 Å². The van der Waals surface area contributed by atoms with E-state index < -0.39 is 5.43 Å². The number of fused-ring (bicyclic) bond motifs is 4. The van der Waals surface area contributed by atoms with Crippen molar-refractivity contribution in [3.05, 3.63) is 264 Å². The van der Waals surface area contributed by atoms with E-state index in [0.29, 0.717) is 72.0 Å². The second-order valence-corrected chi connectivity index (χ2v) is 23.1. The van der Waals surface area contributed by atoms with Gasteiger partial charge in [0.1, 0.15) is 33.1 Å². The molecule has 23 nitrogen and oxygen atoms in total. The zero-order chi connectivity index (χ0) is 67.6. The zero-order valence-corrected chi connectivity index (χ0v) is 54.5. The molecular weight excluding hydrogens is 1310 g/mol. The van der Waals surface area contributed by atoms with Crippen LogP contribution in [0.15, 0.2) is 184 Å². The standard InChI is InChI=1S/C18H18N4O.C18H17N3O2.C17H13FN6O.C17H12FN5OSe.2CH4/c1-12-5-7-13(8-6-12)9-10-15(23)18-16(19)17-14(22(2)21-18)4-3-11-20-17;1-12-5-7-13(8-6-12)9-10-15(22)17-18(23)16-14(21(2)20-17)4-3-11-19-16;1-24-12-3-2-8-20-15(12)14(19)16(23-24)17-22-21-13(25-17)9-10-4-6-11(18)7-5-10;1-23-12-3-2-8-19-14(12)16(25)15(22-23)17-21-20-13(24-17)9-10-4-6-11(18)7-5-10;;/h3-8,11,19H,9-10H2,1-2H3;3-8,11H,9-10H2,1-2H3;2-8,19H,9H2,1H3;2-8H,9H2,1H3;2*1H4. The first-order valence-corrected chi connectivity index (χ1v) is 30.9. The van der Waals surface area contributed by atoms with Crippen molar-refractivity contribution in [2.75, 3.05) is 0 Å². The Kier molecular flexibility index (Phi) is 22.8. The Balaban J connectivity index is 0.000000152. The van der Waals surface area contributed by atoms with Gasteiger partial charge in [-0.2, -0.15) is 15.3 Å². The number of ketones is 2. The second-order valence-electron chi connectivity index (χ2n) is 22.2. The van der Waals surface area contributed by atoms with Crippen molar-refractivity contribution in [1.29, 1.82) is 10.8 Å². The molecule has 496 valence electrons. The third kappa shape index (κ3) is 16.5. The van der Waals surface area contributed by atoms with Gasteiger partial charge in [-0.05, 0) is 91.9 Å². The minimum atomic E-state index is -0.396. The molecule has 0 spiro atoms. The fourth-order valence-electron chi connectivity index (χ4n) is 10.1. The molecule has 0 unspecified atom stereocenters. The number of nitrogens with zero attached hydrogens (tertiary/aromatic N) is 16. The van der Waals surface area contributed by atoms with E-state index in [1.54, 1.807) is 109 Å². The summed E-state index contributed by atoms with van der Waals surface area (Å²) < 4.78 is 44.6. The monoisotopic (exact) mass is 1380 g/mol. The molecule has 0 aliphatic carbocycles. The van der Waals surface area contributed by atoms with Crippen LogP contribution in [-0.4, -0.2) is 107 Å². The SMILES string of the molecule is C.C.Cc1ccc(CCC(=O)c2nn(C)c3cccnc3c2=N)cc1.Cc1ccc(CCC(=O)c2nn(C)c3cccnc3c2=O)cc1.Cn1nc(-c2nnc(Cc3ccc(F)cc3)o2)c(=N)c2ncccc21.Cn1nc(-c2nnc(Cc3ccc(F)cc3)o2)c(=[Se])c2ncccc21. The molecule has 0 amide bonds. The van der Waals surface area contributed by atoms with E-state index >= 15 is 0 Å². The van der Waals surface area contributed by atoms with Crippen LogP contribution < -0.4 is 16.1 Å². The second kappa shape index (κ2) is 31.7. The summed E-state index contributed by atoms with van der Waals surface area (Å²) in [5.41, 5.74) is 11.9. The van der Waals surface area contributed by atoms with Gasteiger partial charge in [0.25, 0.3) is 5.89 Å². The van der Waals surface area contributed by atoms with E-state index in [4.69, 9.17) is 19.7 Å². The first kappa shape index (κ1) is 70.6. The predicted octanol–water partition coefficient (Wildman–Crippen LogP) is 11.0. The Hall–Kier alpha value is -11.8. The number of nitrogens with one attached hydrogen (secondary N) is 2. The summed E-state index contributed by atoms with van der Waals surface area (Å²) in [5.74, 6) is 0.325. The van der Waals surface area contributed by atoms with Crippen LogP contribution in [0.2, 0.25) is 0 Å². The van der Waals surface area contributed by atoms with Crippen LogP contribution in [0.5, 0.6) is 0 Å². The van der Waals surface area contributed by atoms with E-state index in [-0.39, 0.29) is 83.7 Å². The van der Waals surface area contributed by atoms with E-state index in [9.17, 15) is 23.2 Å². The van der Waals surface area contributed by atoms with Crippen molar-refractivity contribution >= 4 is 71.3 Å². The molecular formula is C72H68F2N18O5Se. The Morgan fingerprint density at radius 3 is 1.28 bits per heavy atom. The molecule has 98 heavy (non-hydrogen) atoms. The van der Waals surface area contributed by atoms with Gasteiger partial charge in [-0.25, -0.2) is 4.39 Å². The van der Waals surface area contributed by atoms with Crippen molar-refractivity contribution in [2.45, 2.75) is 67.2 Å². The number of hydrogen-bond donors (Lipinski definition) is 2. The topological polar surface area (TPSA) is 300 Å². The summed E-state index contributed by atoms with van der Waals surface area (Å²) in [6.07, 6.45) is 9.13. The van der Waals surface area contributed by atoms with E-state index in [1.165, 1.54) is 40.1 Å². The molecule has 14 rings (SSSR count). The number of pyridine rings is 4. The maximum absolute atomic E-state index is 13.0. The van der Waals surface area contributed by atoms with Crippen LogP contribution >= 0.6 is 0 Å². The summed E-state index contributed by atoms with van der Waals surface area (Å²) >= 11 is 3.00. The number of carbonyl (C=O) groups is 2. The molecule has 0 aliphatic heterocycles. The quantitative estimate of drug-likeness (QED) is 0.0755. The summed E-state index contributed by atoms with van der Waals surface area (Å²) in [7, 11) is 7.08. The van der Waals surface area contributed by atoms with Crippen LogP contribution in [0, 0.1) is 40.4 Å². The molecule has 14 aromatic rings. The van der Waals surface area contributed by atoms with Gasteiger partial charge in [0.15, 0.2) is 28.6 Å². The molecule has 0 radical (unpaired) electrons. The number of aryl methyl sites for hydroxylation is 8. The maximum atomic E-state index is 13.0. The molecule has 2 N–H and O–H groups in total. The normalized spacial score (nSPS) is 10.8. The first-order valence-electron chi connectivity index (χ1n) is 30.0. The fraction of sp³-hybridized carbons (Fsp3) is 0.194. The van der Waals surface area contributed by atoms with Gasteiger partial charge in [-0.3, -0.25) is 54.2 Å². The molecule has 0 bridgehead atoms. The molecule has 0 aliphatic rings. The van der Waals surface area contributed by atoms with Gasteiger partial charge in [-0.1, -0.05) is 86.6 Å². The molecule has 0 saturated carbocycles. The number of Topliss-reactive ketones (excluding diaryl/α,β-unsaturated/α-hetero) is 2. The molecule has 10 aromatic heterocycles. The van der Waals surface area contributed by atoms with Crippen molar-refractivity contribution in [1.82, 2.24) is 79.5 Å². The Morgan fingerprint density at radius 1 is 0.449 bits per heavy atom. The van der Waals surface area contributed by atoms with Crippen molar-refractivity contribution < 1.29 is 27.2 Å². The molecule has 0 atom stereocenters. The van der Waals surface area contributed by atoms with Gasteiger partial charge >= 0.3 is 149 Å². The number of hydrogen-bond acceptors (Lipinski definition) is 19. The van der Waals surface area contributed by atoms with Gasteiger partial charge in [-0.15, -0.1) is 10.2 Å². The van der Waals surface area contributed by atoms with E-state index in [0.717, 1.165) is 48.4 Å². The average Bonchev–Trinajstić information content (AvgIpc) is 1.20. The molecule has 26 heteroatoms. The molecule has 0 saturated heterocycles. The van der Waals surface area contributed by atoms with Crippen molar-refractivity contribution in [3.63, 3.8) is 0 Å². The van der Waals surface area contributed by atoms with E-state index in [2.05, 4.69) is 76.3 Å². The van der Waals surface area contributed by atoms with Crippen molar-refractivity contribution in [3.8, 4) is 23.2 Å². The number of rotatable bonds is 14. The number of halogens is 2. The first-order chi connectivity index (χ1) is 46.3. The van der Waals surface area contributed by atoms with E-state index in [1.807, 2.05) is 93.7 Å². The summed E-state index contributed by atoms with van der Waals surface area (Å²) in [5, 5.41) is 50.2. The summed E-state index contributed by atoms with van der Waals surface area (Å²) in [6, 6.07) is 43.0. The van der Waals surface area contributed by atoms with Gasteiger partial charge in [0, 0.05) is 52.6 Å². The van der Waals surface area contributed by atoms with Gasteiger partial charge in [0.05, 0.1) is 23.0 Å². The Bertz CT molecular complexity index is 5110. The van der Waals surface area contributed by atoms with Crippen molar-refractivity contribution in [2.24, 2.45) is 28.2 Å². The molecule has 0 fully saturated rings. The Labute approximate surface area is 568 Å². The van der Waals surface area contributed by atoms with Crippen LogP contribution in [-0.2, 0) is 53.9 Å². The summed E-state index contributed by atoms with van der Waals surface area (Å²) in [4.78, 5) is 54.2. The molecule has 10 heterocycles. The average molecular weight is 1380 g/mol. The predicted molar refractivity (Wildman–Crippen MR) is 367 cm³/mol. The zero-order valence-electron chi connectivity index (χ0n) is 52.8. The number of benzene rings is 4. The minimum absolute atomic E-state index is 0. The third-order valence-corrected chi connectivity index (χ3v) is 16.1. The van der Waals surface area contributed by atoms with Gasteiger partial charge in [0.2, 0.25) is 11.3 Å². The summed E-state index contributed by atoms with van der Waals surface area (Å²) in [6.45, 7) is 4.05. The molecule has 4 aromatic carbocycles. The van der Waals surface area contributed by atoms with Crippen LogP contribution in [0.4, 0.5) is 8.78 Å².